The number of fused-ring (bicyclic) bond motifs is 3. The zero-order valence-electron chi connectivity index (χ0n) is 21.4. The number of nitrogens with one attached hydrogen (secondary N) is 1. The van der Waals surface area contributed by atoms with Crippen LogP contribution in [0.1, 0.15) is 51.8 Å². The highest BCUT2D eigenvalue weighted by atomic mass is 16.5. The first-order valence-electron chi connectivity index (χ1n) is 13.1. The standard InChI is InChI=1S/C34H32N2O/c1-23-18-24(2)20-25(19-23)22-37-33-13-6-3-8-27(33)21-35-28-16-14-26(15-17-28)34-31-11-7-10-29(31)30-9-4-5-12-32(30)36-34/h3-10,12-21,29,31,34,36H,11,22H2,1-2H3/t29-,31-,34+/m1/s1. The molecule has 3 heteroatoms. The van der Waals surface area contributed by atoms with Gasteiger partial charge in [0.1, 0.15) is 12.4 Å². The summed E-state index contributed by atoms with van der Waals surface area (Å²) in [6.07, 6.45) is 7.73. The molecule has 1 aliphatic heterocycles. The summed E-state index contributed by atoms with van der Waals surface area (Å²) in [5, 5.41) is 3.81. The fourth-order valence-electron chi connectivity index (χ4n) is 5.82. The first-order chi connectivity index (χ1) is 18.1. The molecule has 0 amide bonds. The van der Waals surface area contributed by atoms with Gasteiger partial charge in [0.2, 0.25) is 0 Å². The molecule has 3 atom stereocenters. The van der Waals surface area contributed by atoms with Crippen molar-refractivity contribution in [3.05, 3.63) is 137 Å². The van der Waals surface area contributed by atoms with Crippen LogP contribution in [0, 0.1) is 19.8 Å². The second kappa shape index (κ2) is 10.1. The monoisotopic (exact) mass is 484 g/mol. The quantitative estimate of drug-likeness (QED) is 0.220. The molecule has 0 fully saturated rings. The Balaban J connectivity index is 1.17. The zero-order valence-corrected chi connectivity index (χ0v) is 21.4. The Morgan fingerprint density at radius 2 is 1.65 bits per heavy atom. The number of benzene rings is 4. The van der Waals surface area contributed by atoms with Crippen LogP contribution in [-0.4, -0.2) is 6.21 Å². The molecule has 0 radical (unpaired) electrons. The molecule has 1 aliphatic carbocycles. The first kappa shape index (κ1) is 23.3. The molecule has 37 heavy (non-hydrogen) atoms. The maximum absolute atomic E-state index is 6.18. The highest BCUT2D eigenvalue weighted by Gasteiger charge is 2.37. The third-order valence-corrected chi connectivity index (χ3v) is 7.47. The minimum Gasteiger partial charge on any atom is -0.488 e. The minimum atomic E-state index is 0.298. The summed E-state index contributed by atoms with van der Waals surface area (Å²) in [4.78, 5) is 4.77. The Kier molecular flexibility index (Phi) is 6.36. The molecule has 4 aromatic rings. The molecule has 0 saturated carbocycles. The molecular weight excluding hydrogens is 452 g/mol. The molecule has 0 saturated heterocycles. The van der Waals surface area contributed by atoms with Crippen LogP contribution in [0.5, 0.6) is 5.75 Å². The number of rotatable bonds is 6. The number of aryl methyl sites for hydroxylation is 2. The third kappa shape index (κ3) is 4.95. The van der Waals surface area contributed by atoms with Crippen molar-refractivity contribution >= 4 is 17.6 Å². The van der Waals surface area contributed by atoms with Crippen LogP contribution < -0.4 is 10.1 Å². The van der Waals surface area contributed by atoms with E-state index in [2.05, 4.69) is 98.0 Å². The van der Waals surface area contributed by atoms with Crippen LogP contribution in [0.15, 0.2) is 108 Å². The molecule has 4 aromatic carbocycles. The number of hydrogen-bond acceptors (Lipinski definition) is 3. The molecule has 3 nitrogen and oxygen atoms in total. The normalized spacial score (nSPS) is 19.9. The summed E-state index contributed by atoms with van der Waals surface area (Å²) in [6, 6.07) is 32.3. The van der Waals surface area contributed by atoms with Crippen molar-refractivity contribution in [2.75, 3.05) is 5.32 Å². The number of aliphatic imine (C=N–C) groups is 1. The van der Waals surface area contributed by atoms with Crippen LogP contribution in [0.2, 0.25) is 0 Å². The van der Waals surface area contributed by atoms with Crippen LogP contribution in [0.4, 0.5) is 11.4 Å². The number of para-hydroxylation sites is 2. The average molecular weight is 485 g/mol. The minimum absolute atomic E-state index is 0.298. The van der Waals surface area contributed by atoms with E-state index in [1.807, 2.05) is 30.5 Å². The SMILES string of the molecule is Cc1cc(C)cc(COc2ccccc2C=Nc2ccc([C@@H]3Nc4ccccc4[C@H]4C=CC[C@H]43)cc2)c1. The first-order valence-corrected chi connectivity index (χ1v) is 13.1. The lowest BCUT2D eigenvalue weighted by atomic mass is 9.77. The van der Waals surface area contributed by atoms with Gasteiger partial charge in [0, 0.05) is 23.4 Å². The maximum atomic E-state index is 6.18. The molecule has 0 spiro atoms. The number of allylic oxidation sites excluding steroid dienone is 2. The molecule has 0 bridgehead atoms. The molecule has 2 aliphatic rings. The Morgan fingerprint density at radius 3 is 2.49 bits per heavy atom. The number of hydrogen-bond donors (Lipinski definition) is 1. The van der Waals surface area contributed by atoms with Crippen LogP contribution in [0.25, 0.3) is 0 Å². The van der Waals surface area contributed by atoms with Gasteiger partial charge in [-0.3, -0.25) is 4.99 Å². The van der Waals surface area contributed by atoms with E-state index < -0.39 is 0 Å². The van der Waals surface area contributed by atoms with Crippen LogP contribution in [-0.2, 0) is 6.61 Å². The van der Waals surface area contributed by atoms with Gasteiger partial charge in [-0.15, -0.1) is 0 Å². The summed E-state index contributed by atoms with van der Waals surface area (Å²) in [5.41, 5.74) is 9.57. The van der Waals surface area contributed by atoms with E-state index in [9.17, 15) is 0 Å². The van der Waals surface area contributed by atoms with Gasteiger partial charge in [0.05, 0.1) is 11.7 Å². The van der Waals surface area contributed by atoms with Gasteiger partial charge in [0.15, 0.2) is 0 Å². The molecule has 184 valence electrons. The summed E-state index contributed by atoms with van der Waals surface area (Å²) < 4.78 is 6.18. The van der Waals surface area contributed by atoms with Crippen molar-refractivity contribution in [1.29, 1.82) is 0 Å². The van der Waals surface area contributed by atoms with E-state index in [0.29, 0.717) is 24.5 Å². The van der Waals surface area contributed by atoms with Gasteiger partial charge in [0.25, 0.3) is 0 Å². The lowest BCUT2D eigenvalue weighted by Crippen LogP contribution is -2.28. The summed E-state index contributed by atoms with van der Waals surface area (Å²) in [7, 11) is 0. The number of ether oxygens (including phenoxy) is 1. The molecule has 0 unspecified atom stereocenters. The van der Waals surface area contributed by atoms with Gasteiger partial charge < -0.3 is 10.1 Å². The number of nitrogens with zero attached hydrogens (tertiary/aromatic N) is 1. The molecular formula is C34H32N2O. The predicted octanol–water partition coefficient (Wildman–Crippen LogP) is 8.46. The van der Waals surface area contributed by atoms with E-state index in [0.717, 1.165) is 23.4 Å². The number of anilines is 1. The van der Waals surface area contributed by atoms with E-state index in [4.69, 9.17) is 9.73 Å². The van der Waals surface area contributed by atoms with Gasteiger partial charge in [-0.1, -0.05) is 83.9 Å². The summed E-state index contributed by atoms with van der Waals surface area (Å²) in [6.45, 7) is 4.78. The smallest absolute Gasteiger partial charge is 0.128 e. The van der Waals surface area contributed by atoms with Gasteiger partial charge in [-0.2, -0.15) is 0 Å². The fraction of sp³-hybridized carbons (Fsp3) is 0.206. The summed E-state index contributed by atoms with van der Waals surface area (Å²) >= 11 is 0. The third-order valence-electron chi connectivity index (χ3n) is 7.47. The summed E-state index contributed by atoms with van der Waals surface area (Å²) in [5.74, 6) is 1.87. The lowest BCUT2D eigenvalue weighted by Gasteiger charge is -2.37. The fourth-order valence-corrected chi connectivity index (χ4v) is 5.82. The van der Waals surface area contributed by atoms with E-state index in [1.165, 1.54) is 33.5 Å². The van der Waals surface area contributed by atoms with Crippen molar-refractivity contribution in [3.8, 4) is 5.75 Å². The van der Waals surface area contributed by atoms with Gasteiger partial charge in [-0.05, 0) is 73.2 Å². The topological polar surface area (TPSA) is 33.6 Å². The van der Waals surface area contributed by atoms with E-state index in [1.54, 1.807) is 0 Å². The Hall–Kier alpha value is -4.11. The van der Waals surface area contributed by atoms with Gasteiger partial charge in [-0.25, -0.2) is 0 Å². The highest BCUT2D eigenvalue weighted by Crippen LogP contribution is 2.49. The van der Waals surface area contributed by atoms with Crippen LogP contribution >= 0.6 is 0 Å². The Labute approximate surface area is 219 Å². The van der Waals surface area contributed by atoms with E-state index in [-0.39, 0.29) is 0 Å². The average Bonchev–Trinajstić information content (AvgIpc) is 3.41. The van der Waals surface area contributed by atoms with Crippen molar-refractivity contribution in [3.63, 3.8) is 0 Å². The molecule has 1 heterocycles. The van der Waals surface area contributed by atoms with Crippen molar-refractivity contribution < 1.29 is 4.74 Å². The second-order valence-electron chi connectivity index (χ2n) is 10.2. The van der Waals surface area contributed by atoms with Gasteiger partial charge >= 0.3 is 0 Å². The lowest BCUT2D eigenvalue weighted by molar-refractivity contribution is 0.305. The second-order valence-corrected chi connectivity index (χ2v) is 10.2. The van der Waals surface area contributed by atoms with E-state index >= 15 is 0 Å². The largest absolute Gasteiger partial charge is 0.488 e. The Bertz CT molecular complexity index is 1450. The molecule has 6 rings (SSSR count). The van der Waals surface area contributed by atoms with Crippen molar-refractivity contribution in [2.45, 2.75) is 38.8 Å². The van der Waals surface area contributed by atoms with Crippen molar-refractivity contribution in [1.82, 2.24) is 0 Å². The van der Waals surface area contributed by atoms with Crippen molar-refractivity contribution in [2.24, 2.45) is 10.9 Å². The molecule has 1 N–H and O–H groups in total. The Morgan fingerprint density at radius 1 is 0.892 bits per heavy atom. The maximum Gasteiger partial charge on any atom is 0.128 e. The zero-order chi connectivity index (χ0) is 25.2. The highest BCUT2D eigenvalue weighted by molar-refractivity contribution is 5.85. The molecule has 0 aromatic heterocycles. The van der Waals surface area contributed by atoms with Crippen LogP contribution in [0.3, 0.4) is 0 Å². The predicted molar refractivity (Wildman–Crippen MR) is 153 cm³/mol.